The first kappa shape index (κ1) is 21.5. The molecule has 1 aliphatic carbocycles. The molecule has 2 aromatic rings. The van der Waals surface area contributed by atoms with Crippen molar-refractivity contribution in [3.8, 4) is 0 Å². The zero-order chi connectivity index (χ0) is 21.8. The number of piperidine rings is 2. The van der Waals surface area contributed by atoms with Crippen LogP contribution in [0.2, 0.25) is 0 Å². The van der Waals surface area contributed by atoms with Crippen molar-refractivity contribution in [1.82, 2.24) is 10.2 Å². The van der Waals surface area contributed by atoms with E-state index >= 15 is 0 Å². The average molecular weight is 433 g/mol. The van der Waals surface area contributed by atoms with Crippen LogP contribution in [0.1, 0.15) is 50.0 Å². The number of nitrogens with zero attached hydrogens (tertiary/aromatic N) is 2. The molecule has 170 valence electrons. The van der Waals surface area contributed by atoms with Crippen molar-refractivity contribution in [3.63, 3.8) is 0 Å². The summed E-state index contributed by atoms with van der Waals surface area (Å²) in [6, 6.07) is 20.6. The number of nitrogens with one attached hydrogen (secondary N) is 2. The van der Waals surface area contributed by atoms with Crippen LogP contribution in [0.5, 0.6) is 0 Å². The quantitative estimate of drug-likeness (QED) is 0.656. The Balaban J connectivity index is 0.993. The monoisotopic (exact) mass is 432 g/mol. The van der Waals surface area contributed by atoms with Crippen molar-refractivity contribution in [2.24, 2.45) is 0 Å². The van der Waals surface area contributed by atoms with Crippen molar-refractivity contribution >= 4 is 17.3 Å². The van der Waals surface area contributed by atoms with E-state index in [1.807, 2.05) is 4.90 Å². The highest BCUT2D eigenvalue weighted by Crippen LogP contribution is 2.41. The lowest BCUT2D eigenvalue weighted by Gasteiger charge is -2.32. The largest absolute Gasteiger partial charge is 0.384 e. The summed E-state index contributed by atoms with van der Waals surface area (Å²) >= 11 is 0. The summed E-state index contributed by atoms with van der Waals surface area (Å²) in [6.45, 7) is 5.24. The SMILES string of the molecule is O=C1CCCCN1c1ccc(NCCN2CCC(N[C@@H]3C[C@H]3c3ccccc3)CC2)cc1. The van der Waals surface area contributed by atoms with Crippen LogP contribution in [-0.2, 0) is 4.79 Å². The molecule has 5 heteroatoms. The van der Waals surface area contributed by atoms with Crippen LogP contribution >= 0.6 is 0 Å². The number of carbonyl (C=O) groups is 1. The smallest absolute Gasteiger partial charge is 0.226 e. The molecule has 2 saturated heterocycles. The van der Waals surface area contributed by atoms with Crippen molar-refractivity contribution in [2.75, 3.05) is 42.9 Å². The zero-order valence-electron chi connectivity index (χ0n) is 19.0. The standard InChI is InChI=1S/C27H36N4O/c32-27-8-4-5-16-31(27)24-11-9-22(10-12-24)28-15-19-30-17-13-23(14-18-30)29-26-20-25(26)21-6-2-1-3-7-21/h1-3,6-7,9-12,23,25-26,28-29H,4-5,8,13-20H2/t25-,26+/m0/s1. The number of amides is 1. The Morgan fingerprint density at radius 2 is 1.69 bits per heavy atom. The number of anilines is 2. The number of hydrogen-bond donors (Lipinski definition) is 2. The number of carbonyl (C=O) groups excluding carboxylic acids is 1. The third kappa shape index (κ3) is 5.33. The van der Waals surface area contributed by atoms with E-state index in [9.17, 15) is 4.79 Å². The van der Waals surface area contributed by atoms with Crippen LogP contribution in [0.15, 0.2) is 54.6 Å². The highest BCUT2D eigenvalue weighted by molar-refractivity contribution is 5.94. The maximum Gasteiger partial charge on any atom is 0.226 e. The summed E-state index contributed by atoms with van der Waals surface area (Å²) in [5, 5.41) is 7.46. The molecule has 0 spiro atoms. The molecule has 5 rings (SSSR count). The third-order valence-corrected chi connectivity index (χ3v) is 7.32. The Morgan fingerprint density at radius 1 is 0.906 bits per heavy atom. The number of rotatable bonds is 8. The van der Waals surface area contributed by atoms with E-state index in [0.29, 0.717) is 18.5 Å². The van der Waals surface area contributed by atoms with Gasteiger partial charge in [-0.25, -0.2) is 0 Å². The molecule has 0 aromatic heterocycles. The van der Waals surface area contributed by atoms with Crippen LogP contribution in [0, 0.1) is 0 Å². The van der Waals surface area contributed by atoms with Gasteiger partial charge in [-0.05, 0) is 75.0 Å². The summed E-state index contributed by atoms with van der Waals surface area (Å²) in [5.41, 5.74) is 3.65. The molecule has 5 nitrogen and oxygen atoms in total. The molecule has 3 aliphatic rings. The van der Waals surface area contributed by atoms with E-state index in [4.69, 9.17) is 0 Å². The first-order chi connectivity index (χ1) is 15.8. The molecule has 0 radical (unpaired) electrons. The molecule has 1 saturated carbocycles. The van der Waals surface area contributed by atoms with Gasteiger partial charge < -0.3 is 20.4 Å². The third-order valence-electron chi connectivity index (χ3n) is 7.32. The predicted octanol–water partition coefficient (Wildman–Crippen LogP) is 4.23. The second-order valence-corrected chi connectivity index (χ2v) is 9.62. The van der Waals surface area contributed by atoms with Crippen molar-refractivity contribution in [3.05, 3.63) is 60.2 Å². The minimum atomic E-state index is 0.257. The summed E-state index contributed by atoms with van der Waals surface area (Å²) in [5.74, 6) is 0.977. The minimum Gasteiger partial charge on any atom is -0.384 e. The number of benzene rings is 2. The lowest BCUT2D eigenvalue weighted by Crippen LogP contribution is -2.44. The van der Waals surface area contributed by atoms with Gasteiger partial charge in [0.2, 0.25) is 5.91 Å². The number of likely N-dealkylation sites (tertiary alicyclic amines) is 1. The van der Waals surface area contributed by atoms with Crippen molar-refractivity contribution in [1.29, 1.82) is 0 Å². The first-order valence-corrected chi connectivity index (χ1v) is 12.4. The fourth-order valence-electron chi connectivity index (χ4n) is 5.27. The topological polar surface area (TPSA) is 47.6 Å². The van der Waals surface area contributed by atoms with Crippen LogP contribution in [-0.4, -0.2) is 55.6 Å². The molecule has 2 N–H and O–H groups in total. The van der Waals surface area contributed by atoms with Gasteiger partial charge in [-0.15, -0.1) is 0 Å². The Bertz CT molecular complexity index is 876. The molecule has 2 aromatic carbocycles. The van der Waals surface area contributed by atoms with Gasteiger partial charge in [0, 0.05) is 55.4 Å². The normalized spacial score (nSPS) is 24.5. The minimum absolute atomic E-state index is 0.257. The van der Waals surface area contributed by atoms with Gasteiger partial charge >= 0.3 is 0 Å². The lowest BCUT2D eigenvalue weighted by atomic mass is 10.0. The molecular formula is C27H36N4O. The average Bonchev–Trinajstić information content (AvgIpc) is 3.61. The Morgan fingerprint density at radius 3 is 2.44 bits per heavy atom. The Kier molecular flexibility index (Phi) is 6.75. The van der Waals surface area contributed by atoms with Crippen LogP contribution in [0.25, 0.3) is 0 Å². The predicted molar refractivity (Wildman–Crippen MR) is 131 cm³/mol. The van der Waals surface area contributed by atoms with Crippen molar-refractivity contribution < 1.29 is 4.79 Å². The second kappa shape index (κ2) is 10.1. The van der Waals surface area contributed by atoms with Crippen molar-refractivity contribution in [2.45, 2.75) is 56.5 Å². The second-order valence-electron chi connectivity index (χ2n) is 9.62. The number of hydrogen-bond acceptors (Lipinski definition) is 4. The van der Waals surface area contributed by atoms with Gasteiger partial charge in [-0.2, -0.15) is 0 Å². The Labute approximate surface area is 192 Å². The van der Waals surface area contributed by atoms with Crippen LogP contribution < -0.4 is 15.5 Å². The fourth-order valence-corrected chi connectivity index (χ4v) is 5.27. The van der Waals surface area contributed by atoms with E-state index < -0.39 is 0 Å². The molecule has 2 heterocycles. The maximum atomic E-state index is 12.1. The summed E-state index contributed by atoms with van der Waals surface area (Å²) in [4.78, 5) is 16.6. The highest BCUT2D eigenvalue weighted by Gasteiger charge is 2.39. The fraction of sp³-hybridized carbons (Fsp3) is 0.519. The molecule has 32 heavy (non-hydrogen) atoms. The first-order valence-electron chi connectivity index (χ1n) is 12.4. The van der Waals surface area contributed by atoms with E-state index in [1.54, 1.807) is 0 Å². The zero-order valence-corrected chi connectivity index (χ0v) is 19.0. The van der Waals surface area contributed by atoms with E-state index in [1.165, 1.54) is 37.9 Å². The highest BCUT2D eigenvalue weighted by atomic mass is 16.2. The van der Waals surface area contributed by atoms with Gasteiger partial charge in [0.15, 0.2) is 0 Å². The summed E-state index contributed by atoms with van der Waals surface area (Å²) < 4.78 is 0. The molecule has 0 unspecified atom stereocenters. The van der Waals surface area contributed by atoms with E-state index in [-0.39, 0.29) is 5.91 Å². The lowest BCUT2D eigenvalue weighted by molar-refractivity contribution is -0.119. The van der Waals surface area contributed by atoms with Gasteiger partial charge in [0.25, 0.3) is 0 Å². The Hall–Kier alpha value is -2.37. The van der Waals surface area contributed by atoms with Crippen LogP contribution in [0.3, 0.4) is 0 Å². The molecule has 0 bridgehead atoms. The molecule has 2 atom stereocenters. The molecule has 2 aliphatic heterocycles. The summed E-state index contributed by atoms with van der Waals surface area (Å²) in [7, 11) is 0. The molecule has 1 amide bonds. The van der Waals surface area contributed by atoms with E-state index in [0.717, 1.165) is 49.8 Å². The maximum absolute atomic E-state index is 12.1. The van der Waals surface area contributed by atoms with Gasteiger partial charge in [-0.1, -0.05) is 30.3 Å². The van der Waals surface area contributed by atoms with Gasteiger partial charge in [0.05, 0.1) is 0 Å². The van der Waals surface area contributed by atoms with Crippen LogP contribution in [0.4, 0.5) is 11.4 Å². The van der Waals surface area contributed by atoms with Gasteiger partial charge in [0.1, 0.15) is 0 Å². The molecular weight excluding hydrogens is 396 g/mol. The molecule has 3 fully saturated rings. The van der Waals surface area contributed by atoms with E-state index in [2.05, 4.69) is 70.1 Å². The van der Waals surface area contributed by atoms with Gasteiger partial charge in [-0.3, -0.25) is 4.79 Å². The summed E-state index contributed by atoms with van der Waals surface area (Å²) in [6.07, 6.45) is 6.59.